The van der Waals surface area contributed by atoms with Crippen LogP contribution in [0.4, 0.5) is 0 Å². The zero-order chi connectivity index (χ0) is 4.12. The van der Waals surface area contributed by atoms with E-state index in [9.17, 15) is 0 Å². The zero-order valence-corrected chi connectivity index (χ0v) is 3.28. The minimum absolute atomic E-state index is 0.851. The average Bonchev–Trinajstić information content (AvgIpc) is 1.41. The Labute approximate surface area is 33.5 Å². The number of hydrogen-bond donors (Lipinski definition) is 0. The van der Waals surface area contributed by atoms with E-state index in [1.807, 2.05) is 6.42 Å². The summed E-state index contributed by atoms with van der Waals surface area (Å²) >= 11 is 0. The van der Waals surface area contributed by atoms with E-state index in [-0.39, 0.29) is 0 Å². The molecule has 2 radical (unpaired) electrons. The SMILES string of the molecule is [CH2]C[CH]C=C. The molecule has 0 bridgehead atoms. The molecule has 0 spiro atoms. The van der Waals surface area contributed by atoms with Crippen molar-refractivity contribution in [2.45, 2.75) is 6.42 Å². The van der Waals surface area contributed by atoms with Crippen LogP contribution in [0.2, 0.25) is 0 Å². The molecule has 0 aromatic heterocycles. The summed E-state index contributed by atoms with van der Waals surface area (Å²) in [5.74, 6) is 0. The van der Waals surface area contributed by atoms with Gasteiger partial charge in [0.2, 0.25) is 0 Å². The first kappa shape index (κ1) is 4.74. The first-order valence-electron chi connectivity index (χ1n) is 1.65. The number of hydrogen-bond acceptors (Lipinski definition) is 0. The quantitative estimate of drug-likeness (QED) is 0.461. The topological polar surface area (TPSA) is 0 Å². The maximum atomic E-state index is 3.55. The monoisotopic (exact) mass is 68.1 g/mol. The second-order valence-corrected chi connectivity index (χ2v) is 0.760. The van der Waals surface area contributed by atoms with E-state index in [2.05, 4.69) is 13.5 Å². The Morgan fingerprint density at radius 3 is 2.20 bits per heavy atom. The van der Waals surface area contributed by atoms with Gasteiger partial charge in [-0.1, -0.05) is 13.0 Å². The molecule has 28 valence electrons. The van der Waals surface area contributed by atoms with Crippen LogP contribution in [-0.4, -0.2) is 0 Å². The van der Waals surface area contributed by atoms with Gasteiger partial charge in [0.1, 0.15) is 0 Å². The van der Waals surface area contributed by atoms with Gasteiger partial charge in [0, 0.05) is 0 Å². The van der Waals surface area contributed by atoms with Crippen molar-refractivity contribution in [2.24, 2.45) is 0 Å². The molecule has 0 aliphatic heterocycles. The molecule has 0 aromatic carbocycles. The second-order valence-electron chi connectivity index (χ2n) is 0.760. The zero-order valence-electron chi connectivity index (χ0n) is 3.28. The Bertz CT molecular complexity index is 21.2. The average molecular weight is 68.1 g/mol. The summed E-state index contributed by atoms with van der Waals surface area (Å²) < 4.78 is 0. The number of allylic oxidation sites excluding steroid dienone is 1. The van der Waals surface area contributed by atoms with Gasteiger partial charge >= 0.3 is 0 Å². The van der Waals surface area contributed by atoms with Gasteiger partial charge in [-0.25, -0.2) is 0 Å². The first-order chi connectivity index (χ1) is 2.41. The van der Waals surface area contributed by atoms with Gasteiger partial charge in [0.25, 0.3) is 0 Å². The summed E-state index contributed by atoms with van der Waals surface area (Å²) in [5, 5.41) is 0. The van der Waals surface area contributed by atoms with Crippen molar-refractivity contribution in [1.29, 1.82) is 0 Å². The van der Waals surface area contributed by atoms with Gasteiger partial charge in [0.05, 0.1) is 0 Å². The Morgan fingerprint density at radius 2 is 2.20 bits per heavy atom. The van der Waals surface area contributed by atoms with Gasteiger partial charge in [-0.15, -0.1) is 6.58 Å². The summed E-state index contributed by atoms with van der Waals surface area (Å²) in [6.07, 6.45) is 4.50. The smallest absolute Gasteiger partial charge is 0.0173 e. The molecule has 0 heteroatoms. The fraction of sp³-hybridized carbons (Fsp3) is 0.200. The molecule has 0 aromatic rings. The van der Waals surface area contributed by atoms with Gasteiger partial charge in [0.15, 0.2) is 0 Å². The Kier molecular flexibility index (Phi) is 3.55. The molecule has 0 N–H and O–H groups in total. The lowest BCUT2D eigenvalue weighted by molar-refractivity contribution is 1.30. The Balaban J connectivity index is 2.40. The predicted molar refractivity (Wildman–Crippen MR) is 24.5 cm³/mol. The van der Waals surface area contributed by atoms with Crippen molar-refractivity contribution < 1.29 is 0 Å². The van der Waals surface area contributed by atoms with E-state index < -0.39 is 0 Å². The Hall–Kier alpha value is -0.260. The van der Waals surface area contributed by atoms with Crippen LogP contribution in [0.1, 0.15) is 6.42 Å². The van der Waals surface area contributed by atoms with E-state index in [1.165, 1.54) is 0 Å². The molecule has 0 atom stereocenters. The molecule has 0 saturated carbocycles. The summed E-state index contributed by atoms with van der Waals surface area (Å²) in [4.78, 5) is 0. The van der Waals surface area contributed by atoms with E-state index in [4.69, 9.17) is 0 Å². The highest BCUT2D eigenvalue weighted by atomic mass is 13.7. The lowest BCUT2D eigenvalue weighted by Gasteiger charge is -1.71. The normalized spacial score (nSPS) is 7.40. The van der Waals surface area contributed by atoms with E-state index in [0.717, 1.165) is 6.42 Å². The number of rotatable bonds is 2. The Morgan fingerprint density at radius 1 is 1.60 bits per heavy atom. The van der Waals surface area contributed by atoms with Crippen molar-refractivity contribution in [3.63, 3.8) is 0 Å². The van der Waals surface area contributed by atoms with Gasteiger partial charge in [-0.3, -0.25) is 0 Å². The third kappa shape index (κ3) is 3.74. The van der Waals surface area contributed by atoms with E-state index in [0.29, 0.717) is 0 Å². The van der Waals surface area contributed by atoms with Crippen LogP contribution in [-0.2, 0) is 0 Å². The van der Waals surface area contributed by atoms with Crippen molar-refractivity contribution in [1.82, 2.24) is 0 Å². The van der Waals surface area contributed by atoms with Crippen molar-refractivity contribution in [3.05, 3.63) is 26.0 Å². The van der Waals surface area contributed by atoms with Crippen LogP contribution < -0.4 is 0 Å². The van der Waals surface area contributed by atoms with Crippen molar-refractivity contribution in [2.75, 3.05) is 0 Å². The van der Waals surface area contributed by atoms with E-state index in [1.54, 1.807) is 6.08 Å². The first-order valence-corrected chi connectivity index (χ1v) is 1.65. The molecular weight excluding hydrogens is 60.1 g/mol. The van der Waals surface area contributed by atoms with Crippen LogP contribution in [0, 0.1) is 13.3 Å². The maximum absolute atomic E-state index is 3.55. The van der Waals surface area contributed by atoms with Gasteiger partial charge in [-0.2, -0.15) is 0 Å². The van der Waals surface area contributed by atoms with Crippen LogP contribution in [0.3, 0.4) is 0 Å². The molecule has 0 saturated heterocycles. The summed E-state index contributed by atoms with van der Waals surface area (Å²) in [7, 11) is 0. The van der Waals surface area contributed by atoms with Gasteiger partial charge < -0.3 is 0 Å². The molecule has 0 nitrogen and oxygen atoms in total. The molecule has 0 fully saturated rings. The molecule has 0 heterocycles. The predicted octanol–water partition coefficient (Wildman–Crippen LogP) is 1.60. The van der Waals surface area contributed by atoms with Crippen LogP contribution in [0.25, 0.3) is 0 Å². The molecule has 0 amide bonds. The summed E-state index contributed by atoms with van der Waals surface area (Å²) in [6.45, 7) is 7.00. The third-order valence-electron chi connectivity index (χ3n) is 0.333. The van der Waals surface area contributed by atoms with Gasteiger partial charge in [-0.05, 0) is 12.8 Å². The fourth-order valence-corrected chi connectivity index (χ4v) is 0.118. The van der Waals surface area contributed by atoms with Crippen molar-refractivity contribution >= 4 is 0 Å². The summed E-state index contributed by atoms with van der Waals surface area (Å²) in [5.41, 5.74) is 0. The molecule has 0 rings (SSSR count). The maximum Gasteiger partial charge on any atom is -0.0173 e. The molecule has 0 aliphatic rings. The lowest BCUT2D eigenvalue weighted by Crippen LogP contribution is -1.55. The van der Waals surface area contributed by atoms with E-state index >= 15 is 0 Å². The van der Waals surface area contributed by atoms with Crippen LogP contribution in [0.5, 0.6) is 0 Å². The highest BCUT2D eigenvalue weighted by Gasteiger charge is 1.62. The number of unbranched alkanes of at least 4 members (excludes halogenated alkanes) is 1. The van der Waals surface area contributed by atoms with Crippen LogP contribution >= 0.6 is 0 Å². The molecule has 5 heavy (non-hydrogen) atoms. The fourth-order valence-electron chi connectivity index (χ4n) is 0.118. The highest BCUT2D eigenvalue weighted by Crippen LogP contribution is 1.79. The minimum atomic E-state index is 0.851. The molecular formula is C5H8. The molecule has 0 aliphatic carbocycles. The van der Waals surface area contributed by atoms with Crippen molar-refractivity contribution in [3.8, 4) is 0 Å². The molecule has 0 unspecified atom stereocenters. The van der Waals surface area contributed by atoms with Crippen LogP contribution in [0.15, 0.2) is 12.7 Å². The second kappa shape index (κ2) is 3.74. The minimum Gasteiger partial charge on any atom is -0.103 e. The summed E-state index contributed by atoms with van der Waals surface area (Å²) in [6, 6.07) is 0. The third-order valence-corrected chi connectivity index (χ3v) is 0.333. The highest BCUT2D eigenvalue weighted by molar-refractivity contribution is 4.86. The standard InChI is InChI=1S/C5H8/c1-3-5-4-2/h3,5H,1-2,4H2. The lowest BCUT2D eigenvalue weighted by atomic mass is 10.3. The largest absolute Gasteiger partial charge is 0.103 e.